The average Bonchev–Trinajstić information content (AvgIpc) is 2.28. The van der Waals surface area contributed by atoms with Crippen molar-refractivity contribution in [3.63, 3.8) is 0 Å². The van der Waals surface area contributed by atoms with E-state index < -0.39 is 0 Å². The van der Waals surface area contributed by atoms with Crippen molar-refractivity contribution < 1.29 is 4.92 Å². The van der Waals surface area contributed by atoms with Gasteiger partial charge in [-0.1, -0.05) is 32.4 Å². The third-order valence-corrected chi connectivity index (χ3v) is 3.14. The summed E-state index contributed by atoms with van der Waals surface area (Å²) < 4.78 is 0. The SMILES string of the molecule is CCNC(Cc1cc(C)ccc1[N+](=O)[O-])C(C)C. The van der Waals surface area contributed by atoms with Crippen molar-refractivity contribution in [2.45, 2.75) is 40.2 Å². The van der Waals surface area contributed by atoms with Gasteiger partial charge in [0.15, 0.2) is 0 Å². The van der Waals surface area contributed by atoms with E-state index in [2.05, 4.69) is 26.1 Å². The van der Waals surface area contributed by atoms with Gasteiger partial charge in [0.25, 0.3) is 5.69 Å². The van der Waals surface area contributed by atoms with Gasteiger partial charge in [-0.25, -0.2) is 0 Å². The lowest BCUT2D eigenvalue weighted by molar-refractivity contribution is -0.385. The predicted molar refractivity (Wildman–Crippen MR) is 73.8 cm³/mol. The molecule has 0 aliphatic carbocycles. The van der Waals surface area contributed by atoms with E-state index in [1.807, 2.05) is 13.0 Å². The van der Waals surface area contributed by atoms with Crippen LogP contribution in [-0.4, -0.2) is 17.5 Å². The van der Waals surface area contributed by atoms with E-state index in [-0.39, 0.29) is 16.7 Å². The highest BCUT2D eigenvalue weighted by Gasteiger charge is 2.19. The minimum Gasteiger partial charge on any atom is -0.314 e. The highest BCUT2D eigenvalue weighted by Crippen LogP contribution is 2.22. The van der Waals surface area contributed by atoms with E-state index in [1.54, 1.807) is 12.1 Å². The molecule has 0 aromatic heterocycles. The number of nitro benzene ring substituents is 1. The average molecular weight is 250 g/mol. The molecule has 0 aliphatic rings. The van der Waals surface area contributed by atoms with Gasteiger partial charge in [0.2, 0.25) is 0 Å². The Hall–Kier alpha value is -1.42. The molecule has 1 unspecified atom stereocenters. The van der Waals surface area contributed by atoms with Crippen molar-refractivity contribution in [2.24, 2.45) is 5.92 Å². The van der Waals surface area contributed by atoms with Crippen LogP contribution < -0.4 is 5.32 Å². The monoisotopic (exact) mass is 250 g/mol. The van der Waals surface area contributed by atoms with Crippen molar-refractivity contribution in [3.05, 3.63) is 39.4 Å². The van der Waals surface area contributed by atoms with E-state index >= 15 is 0 Å². The Kier molecular flexibility index (Phi) is 5.28. The van der Waals surface area contributed by atoms with E-state index in [0.29, 0.717) is 12.3 Å². The number of aryl methyl sites for hydroxylation is 1. The Morgan fingerprint density at radius 1 is 1.39 bits per heavy atom. The molecule has 0 amide bonds. The topological polar surface area (TPSA) is 55.2 Å². The summed E-state index contributed by atoms with van der Waals surface area (Å²) in [6.45, 7) is 9.16. The highest BCUT2D eigenvalue weighted by atomic mass is 16.6. The van der Waals surface area contributed by atoms with Gasteiger partial charge in [0.1, 0.15) is 0 Å². The van der Waals surface area contributed by atoms with Crippen molar-refractivity contribution in [2.75, 3.05) is 6.54 Å². The van der Waals surface area contributed by atoms with E-state index in [9.17, 15) is 10.1 Å². The Morgan fingerprint density at radius 3 is 2.56 bits per heavy atom. The molecule has 0 fully saturated rings. The van der Waals surface area contributed by atoms with Crippen LogP contribution in [0.4, 0.5) is 5.69 Å². The molecule has 0 radical (unpaired) electrons. The molecule has 4 nitrogen and oxygen atoms in total. The predicted octanol–water partition coefficient (Wildman–Crippen LogP) is 3.08. The van der Waals surface area contributed by atoms with Gasteiger partial charge < -0.3 is 5.32 Å². The van der Waals surface area contributed by atoms with Crippen LogP contribution in [0.5, 0.6) is 0 Å². The van der Waals surface area contributed by atoms with Gasteiger partial charge in [-0.2, -0.15) is 0 Å². The first-order chi connectivity index (χ1) is 8.45. The molecule has 4 heteroatoms. The molecule has 0 heterocycles. The zero-order valence-corrected chi connectivity index (χ0v) is 11.6. The van der Waals surface area contributed by atoms with E-state index in [0.717, 1.165) is 17.7 Å². The summed E-state index contributed by atoms with van der Waals surface area (Å²) in [5.74, 6) is 0.449. The van der Waals surface area contributed by atoms with Crippen LogP contribution in [0.15, 0.2) is 18.2 Å². The molecule has 100 valence electrons. The van der Waals surface area contributed by atoms with Crippen LogP contribution in [-0.2, 0) is 6.42 Å². The molecule has 18 heavy (non-hydrogen) atoms. The molecule has 1 atom stereocenters. The molecule has 0 saturated carbocycles. The third kappa shape index (κ3) is 3.81. The maximum Gasteiger partial charge on any atom is 0.272 e. The van der Waals surface area contributed by atoms with Crippen molar-refractivity contribution in [3.8, 4) is 0 Å². The largest absolute Gasteiger partial charge is 0.314 e. The van der Waals surface area contributed by atoms with Gasteiger partial charge in [0, 0.05) is 17.7 Å². The summed E-state index contributed by atoms with van der Waals surface area (Å²) in [4.78, 5) is 10.7. The Morgan fingerprint density at radius 2 is 2.06 bits per heavy atom. The highest BCUT2D eigenvalue weighted by molar-refractivity contribution is 5.43. The van der Waals surface area contributed by atoms with Crippen LogP contribution in [0.1, 0.15) is 31.9 Å². The fraction of sp³-hybridized carbons (Fsp3) is 0.571. The standard InChI is InChI=1S/C14H22N2O2/c1-5-15-13(10(2)3)9-12-8-11(4)6-7-14(12)16(17)18/h6-8,10,13,15H,5,9H2,1-4H3. The second kappa shape index (κ2) is 6.50. The lowest BCUT2D eigenvalue weighted by atomic mass is 9.94. The molecule has 1 N–H and O–H groups in total. The number of likely N-dealkylation sites (N-methyl/N-ethyl adjacent to an activating group) is 1. The summed E-state index contributed by atoms with van der Waals surface area (Å²) in [6, 6.07) is 5.59. The summed E-state index contributed by atoms with van der Waals surface area (Å²) in [7, 11) is 0. The number of nitrogens with zero attached hydrogens (tertiary/aromatic N) is 1. The third-order valence-electron chi connectivity index (χ3n) is 3.14. The van der Waals surface area contributed by atoms with E-state index in [1.165, 1.54) is 0 Å². The van der Waals surface area contributed by atoms with Gasteiger partial charge in [0.05, 0.1) is 4.92 Å². The molecular weight excluding hydrogens is 228 g/mol. The Bertz CT molecular complexity index is 416. The number of hydrogen-bond donors (Lipinski definition) is 1. The quantitative estimate of drug-likeness (QED) is 0.623. The number of benzene rings is 1. The first kappa shape index (κ1) is 14.6. The minimum atomic E-state index is -0.294. The second-order valence-electron chi connectivity index (χ2n) is 5.00. The molecule has 0 aliphatic heterocycles. The number of rotatable bonds is 6. The molecule has 0 bridgehead atoms. The first-order valence-corrected chi connectivity index (χ1v) is 6.43. The van der Waals surface area contributed by atoms with Gasteiger partial charge in [-0.3, -0.25) is 10.1 Å². The van der Waals surface area contributed by atoms with Gasteiger partial charge in [-0.15, -0.1) is 0 Å². The zero-order chi connectivity index (χ0) is 13.7. The lowest BCUT2D eigenvalue weighted by Crippen LogP contribution is -2.35. The normalized spacial score (nSPS) is 12.7. The molecule has 1 rings (SSSR count). The van der Waals surface area contributed by atoms with Crippen LogP contribution in [0.25, 0.3) is 0 Å². The number of nitro groups is 1. The van der Waals surface area contributed by atoms with Gasteiger partial charge in [-0.05, 0) is 31.9 Å². The van der Waals surface area contributed by atoms with Crippen LogP contribution in [0.2, 0.25) is 0 Å². The van der Waals surface area contributed by atoms with Crippen molar-refractivity contribution in [1.29, 1.82) is 0 Å². The smallest absolute Gasteiger partial charge is 0.272 e. The number of nitrogens with one attached hydrogen (secondary N) is 1. The lowest BCUT2D eigenvalue weighted by Gasteiger charge is -2.21. The maximum atomic E-state index is 11.0. The number of hydrogen-bond acceptors (Lipinski definition) is 3. The van der Waals surface area contributed by atoms with Crippen molar-refractivity contribution >= 4 is 5.69 Å². The van der Waals surface area contributed by atoms with Crippen molar-refractivity contribution in [1.82, 2.24) is 5.32 Å². The second-order valence-corrected chi connectivity index (χ2v) is 5.00. The summed E-state index contributed by atoms with van der Waals surface area (Å²) in [5, 5.41) is 14.4. The van der Waals surface area contributed by atoms with Gasteiger partial charge >= 0.3 is 0 Å². The van der Waals surface area contributed by atoms with Crippen LogP contribution in [0, 0.1) is 23.0 Å². The zero-order valence-electron chi connectivity index (χ0n) is 11.6. The molecule has 1 aromatic rings. The fourth-order valence-electron chi connectivity index (χ4n) is 2.10. The summed E-state index contributed by atoms with van der Waals surface area (Å²) >= 11 is 0. The summed E-state index contributed by atoms with van der Waals surface area (Å²) in [5.41, 5.74) is 2.11. The molecule has 0 saturated heterocycles. The maximum absolute atomic E-state index is 11.0. The van der Waals surface area contributed by atoms with E-state index in [4.69, 9.17) is 0 Å². The minimum absolute atomic E-state index is 0.226. The molecular formula is C14H22N2O2. The Balaban J connectivity index is 3.00. The van der Waals surface area contributed by atoms with Crippen LogP contribution >= 0.6 is 0 Å². The fourth-order valence-corrected chi connectivity index (χ4v) is 2.10. The summed E-state index contributed by atoms with van der Waals surface area (Å²) in [6.07, 6.45) is 0.698. The molecule has 1 aromatic carbocycles. The first-order valence-electron chi connectivity index (χ1n) is 6.43. The van der Waals surface area contributed by atoms with Crippen LogP contribution in [0.3, 0.4) is 0 Å². The molecule has 0 spiro atoms. The Labute approximate surface area is 109 Å².